The molecular weight excluding hydrogens is 493 g/mol. The summed E-state index contributed by atoms with van der Waals surface area (Å²) in [4.78, 5) is 26.1. The molecule has 1 N–H and O–H groups in total. The second kappa shape index (κ2) is 9.23. The van der Waals surface area contributed by atoms with Crippen LogP contribution in [0.4, 0.5) is 13.2 Å². The van der Waals surface area contributed by atoms with Gasteiger partial charge in [-0.05, 0) is 53.9 Å². The van der Waals surface area contributed by atoms with Crippen LogP contribution in [-0.2, 0) is 19.1 Å². The van der Waals surface area contributed by atoms with Crippen molar-refractivity contribution in [3.05, 3.63) is 99.6 Å². The number of aryl methyl sites for hydroxylation is 1. The lowest BCUT2D eigenvalue weighted by atomic mass is 10.1. The minimum atomic E-state index is -4.43. The van der Waals surface area contributed by atoms with E-state index in [0.29, 0.717) is 38.5 Å². The van der Waals surface area contributed by atoms with Crippen molar-refractivity contribution in [2.24, 2.45) is 0 Å². The van der Waals surface area contributed by atoms with Crippen molar-refractivity contribution in [2.75, 3.05) is 0 Å². The smallest absolute Gasteiger partial charge is 0.416 e. The summed E-state index contributed by atoms with van der Waals surface area (Å²) in [7, 11) is 0. The standard InChI is InChI=1S/C26H18ClF3N4O2/c1-14-4-2-6-19(27)18(14)13-32-24(35)23-33-20(12-15-7-9-16(10-8-15)26(28,29)30)22-21(34-23)17-5-3-11-31-25(17)36-22/h2-11H,12-13H2,1H3,(H,32,35). The molecule has 1 amide bonds. The Morgan fingerprint density at radius 1 is 1.06 bits per heavy atom. The predicted octanol–water partition coefficient (Wildman–Crippen LogP) is 6.27. The number of aromatic nitrogens is 3. The van der Waals surface area contributed by atoms with Crippen molar-refractivity contribution in [2.45, 2.75) is 26.1 Å². The van der Waals surface area contributed by atoms with Gasteiger partial charge < -0.3 is 9.73 Å². The summed E-state index contributed by atoms with van der Waals surface area (Å²) in [5, 5.41) is 3.92. The maximum atomic E-state index is 13.1. The lowest BCUT2D eigenvalue weighted by Crippen LogP contribution is -2.26. The van der Waals surface area contributed by atoms with Gasteiger partial charge in [0.15, 0.2) is 5.58 Å². The van der Waals surface area contributed by atoms with Gasteiger partial charge in [0.1, 0.15) is 5.52 Å². The van der Waals surface area contributed by atoms with Crippen LogP contribution in [0.15, 0.2) is 65.2 Å². The SMILES string of the molecule is Cc1cccc(Cl)c1CNC(=O)c1nc(Cc2ccc(C(F)(F)F)cc2)c2oc3ncccc3c2n1. The maximum Gasteiger partial charge on any atom is 0.416 e. The van der Waals surface area contributed by atoms with Gasteiger partial charge in [-0.1, -0.05) is 35.9 Å². The van der Waals surface area contributed by atoms with Crippen LogP contribution < -0.4 is 5.32 Å². The second-order valence-electron chi connectivity index (χ2n) is 8.22. The highest BCUT2D eigenvalue weighted by Crippen LogP contribution is 2.31. The molecule has 36 heavy (non-hydrogen) atoms. The summed E-state index contributed by atoms with van der Waals surface area (Å²) < 4.78 is 44.8. The van der Waals surface area contributed by atoms with Crippen LogP contribution in [0.2, 0.25) is 5.02 Å². The van der Waals surface area contributed by atoms with E-state index in [2.05, 4.69) is 20.3 Å². The first-order valence-electron chi connectivity index (χ1n) is 10.9. The summed E-state index contributed by atoms with van der Waals surface area (Å²) in [6.45, 7) is 2.07. The van der Waals surface area contributed by atoms with E-state index >= 15 is 0 Å². The van der Waals surface area contributed by atoms with E-state index in [1.54, 1.807) is 24.4 Å². The molecule has 0 spiro atoms. The van der Waals surface area contributed by atoms with Crippen LogP contribution in [-0.4, -0.2) is 20.9 Å². The van der Waals surface area contributed by atoms with Gasteiger partial charge in [-0.25, -0.2) is 15.0 Å². The third-order valence-electron chi connectivity index (χ3n) is 5.80. The molecule has 0 saturated carbocycles. The number of halogens is 4. The second-order valence-corrected chi connectivity index (χ2v) is 8.63. The van der Waals surface area contributed by atoms with Crippen molar-refractivity contribution in [3.8, 4) is 0 Å². The molecule has 0 fully saturated rings. The van der Waals surface area contributed by atoms with Gasteiger partial charge in [0.2, 0.25) is 11.5 Å². The minimum absolute atomic E-state index is 0.0966. The van der Waals surface area contributed by atoms with Crippen LogP contribution >= 0.6 is 11.6 Å². The molecule has 3 heterocycles. The summed E-state index contributed by atoms with van der Waals surface area (Å²) in [5.41, 5.74) is 2.91. The van der Waals surface area contributed by atoms with Gasteiger partial charge in [0.25, 0.3) is 5.91 Å². The van der Waals surface area contributed by atoms with E-state index in [4.69, 9.17) is 16.0 Å². The van der Waals surface area contributed by atoms with E-state index in [9.17, 15) is 18.0 Å². The molecule has 0 aliphatic heterocycles. The molecule has 10 heteroatoms. The molecule has 3 aromatic heterocycles. The average molecular weight is 511 g/mol. The van der Waals surface area contributed by atoms with Gasteiger partial charge in [0.05, 0.1) is 16.6 Å². The van der Waals surface area contributed by atoms with E-state index < -0.39 is 17.6 Å². The Morgan fingerprint density at radius 2 is 1.83 bits per heavy atom. The Labute approximate surface area is 208 Å². The van der Waals surface area contributed by atoms with Crippen molar-refractivity contribution < 1.29 is 22.4 Å². The summed E-state index contributed by atoms with van der Waals surface area (Å²) in [6.07, 6.45) is -2.75. The van der Waals surface area contributed by atoms with Crippen LogP contribution in [0.5, 0.6) is 0 Å². The fourth-order valence-electron chi connectivity index (χ4n) is 3.90. The average Bonchev–Trinajstić information content (AvgIpc) is 3.22. The molecule has 0 aliphatic carbocycles. The van der Waals surface area contributed by atoms with E-state index in [1.807, 2.05) is 19.1 Å². The van der Waals surface area contributed by atoms with Gasteiger partial charge in [-0.3, -0.25) is 4.79 Å². The Bertz CT molecular complexity index is 1580. The van der Waals surface area contributed by atoms with Crippen LogP contribution in [0.25, 0.3) is 22.2 Å². The predicted molar refractivity (Wildman–Crippen MR) is 129 cm³/mol. The number of pyridine rings is 1. The molecule has 0 saturated heterocycles. The van der Waals surface area contributed by atoms with Gasteiger partial charge in [0, 0.05) is 24.2 Å². The van der Waals surface area contributed by atoms with E-state index in [0.717, 1.165) is 23.3 Å². The van der Waals surface area contributed by atoms with Gasteiger partial charge in [-0.2, -0.15) is 13.2 Å². The molecule has 182 valence electrons. The number of alkyl halides is 3. The topological polar surface area (TPSA) is 80.9 Å². The maximum absolute atomic E-state index is 13.1. The normalized spacial score (nSPS) is 11.8. The highest BCUT2D eigenvalue weighted by molar-refractivity contribution is 6.31. The number of nitrogens with one attached hydrogen (secondary N) is 1. The third kappa shape index (κ3) is 4.61. The number of nitrogens with zero attached hydrogens (tertiary/aromatic N) is 3. The zero-order valence-corrected chi connectivity index (χ0v) is 19.6. The number of carbonyl (C=O) groups excluding carboxylic acids is 1. The van der Waals surface area contributed by atoms with Crippen molar-refractivity contribution >= 4 is 39.7 Å². The molecule has 6 nitrogen and oxygen atoms in total. The van der Waals surface area contributed by atoms with Crippen molar-refractivity contribution in [1.82, 2.24) is 20.3 Å². The number of carbonyl (C=O) groups is 1. The Kier molecular flexibility index (Phi) is 6.09. The van der Waals surface area contributed by atoms with Crippen LogP contribution in [0.3, 0.4) is 0 Å². The third-order valence-corrected chi connectivity index (χ3v) is 6.15. The fourth-order valence-corrected chi connectivity index (χ4v) is 4.19. The molecule has 0 aliphatic rings. The monoisotopic (exact) mass is 510 g/mol. The summed E-state index contributed by atoms with van der Waals surface area (Å²) in [5.74, 6) is -0.621. The number of furan rings is 1. The molecule has 5 aromatic rings. The summed E-state index contributed by atoms with van der Waals surface area (Å²) in [6, 6.07) is 13.7. The first kappa shape index (κ1) is 23.7. The lowest BCUT2D eigenvalue weighted by molar-refractivity contribution is -0.137. The first-order valence-corrected chi connectivity index (χ1v) is 11.3. The number of benzene rings is 2. The van der Waals surface area contributed by atoms with E-state index in [1.165, 1.54) is 12.1 Å². The lowest BCUT2D eigenvalue weighted by Gasteiger charge is -2.10. The zero-order valence-electron chi connectivity index (χ0n) is 18.9. The Balaban J connectivity index is 1.52. The van der Waals surface area contributed by atoms with Gasteiger partial charge >= 0.3 is 6.18 Å². The van der Waals surface area contributed by atoms with Gasteiger partial charge in [-0.15, -0.1) is 0 Å². The molecule has 0 bridgehead atoms. The quantitative estimate of drug-likeness (QED) is 0.301. The fraction of sp³-hybridized carbons (Fsp3) is 0.154. The molecule has 2 aromatic carbocycles. The highest BCUT2D eigenvalue weighted by atomic mass is 35.5. The molecular formula is C26H18ClF3N4O2. The zero-order chi connectivity index (χ0) is 25.4. The molecule has 0 unspecified atom stereocenters. The highest BCUT2D eigenvalue weighted by Gasteiger charge is 2.30. The number of hydrogen-bond acceptors (Lipinski definition) is 5. The number of rotatable bonds is 5. The molecule has 0 atom stereocenters. The van der Waals surface area contributed by atoms with Crippen LogP contribution in [0, 0.1) is 6.92 Å². The van der Waals surface area contributed by atoms with Crippen LogP contribution in [0.1, 0.15) is 38.6 Å². The Morgan fingerprint density at radius 3 is 2.56 bits per heavy atom. The molecule has 0 radical (unpaired) electrons. The van der Waals surface area contributed by atoms with Crippen molar-refractivity contribution in [1.29, 1.82) is 0 Å². The first-order chi connectivity index (χ1) is 17.2. The number of amides is 1. The largest absolute Gasteiger partial charge is 0.434 e. The summed E-state index contributed by atoms with van der Waals surface area (Å²) >= 11 is 6.27. The minimum Gasteiger partial charge on any atom is -0.434 e. The molecule has 5 rings (SSSR count). The van der Waals surface area contributed by atoms with Crippen molar-refractivity contribution in [3.63, 3.8) is 0 Å². The number of fused-ring (bicyclic) bond motifs is 3. The van der Waals surface area contributed by atoms with E-state index in [-0.39, 0.29) is 18.8 Å². The Hall–Kier alpha value is -3.98. The number of hydrogen-bond donors (Lipinski definition) is 1.